The predicted octanol–water partition coefficient (Wildman–Crippen LogP) is 2.64. The molecule has 1 aliphatic heterocycles. The number of anilines is 1. The summed E-state index contributed by atoms with van der Waals surface area (Å²) >= 11 is 0. The SMILES string of the molecule is Cc1ccc2c(c1)C(=O)C(C)(O)N2C(=O)OC(C)(C)C. The van der Waals surface area contributed by atoms with Crippen LogP contribution in [0, 0.1) is 6.92 Å². The molecule has 1 unspecified atom stereocenters. The van der Waals surface area contributed by atoms with E-state index in [4.69, 9.17) is 4.74 Å². The number of rotatable bonds is 0. The van der Waals surface area contributed by atoms with Crippen LogP contribution in [0.5, 0.6) is 0 Å². The van der Waals surface area contributed by atoms with E-state index in [0.29, 0.717) is 11.3 Å². The van der Waals surface area contributed by atoms with Crippen molar-refractivity contribution in [1.29, 1.82) is 0 Å². The summed E-state index contributed by atoms with van der Waals surface area (Å²) in [7, 11) is 0. The van der Waals surface area contributed by atoms with Crippen molar-refractivity contribution in [3.63, 3.8) is 0 Å². The lowest BCUT2D eigenvalue weighted by Gasteiger charge is -2.31. The lowest BCUT2D eigenvalue weighted by Crippen LogP contribution is -2.52. The molecule has 0 fully saturated rings. The van der Waals surface area contributed by atoms with Crippen LogP contribution in [0.25, 0.3) is 0 Å². The van der Waals surface area contributed by atoms with Gasteiger partial charge in [0.15, 0.2) is 0 Å². The van der Waals surface area contributed by atoms with Gasteiger partial charge in [0.1, 0.15) is 5.60 Å². The molecule has 1 aromatic rings. The number of aliphatic hydroxyl groups is 1. The Hall–Kier alpha value is -1.88. The smallest absolute Gasteiger partial charge is 0.417 e. The molecule has 5 heteroatoms. The summed E-state index contributed by atoms with van der Waals surface area (Å²) in [5.74, 6) is -0.498. The summed E-state index contributed by atoms with van der Waals surface area (Å²) in [5.41, 5.74) is -1.03. The first-order valence-electron chi connectivity index (χ1n) is 6.45. The summed E-state index contributed by atoms with van der Waals surface area (Å²) < 4.78 is 5.27. The van der Waals surface area contributed by atoms with Gasteiger partial charge in [0.05, 0.1) is 5.69 Å². The topological polar surface area (TPSA) is 66.8 Å². The van der Waals surface area contributed by atoms with Gasteiger partial charge in [-0.05, 0) is 46.8 Å². The molecule has 0 spiro atoms. The second-order valence-electron chi connectivity index (χ2n) is 6.19. The Labute approximate surface area is 118 Å². The standard InChI is InChI=1S/C15H19NO4/c1-9-6-7-11-10(8-9)12(17)15(5,19)16(11)13(18)20-14(2,3)4/h6-8,19H,1-5H3. The molecule has 0 saturated carbocycles. The fourth-order valence-electron chi connectivity index (χ4n) is 2.20. The maximum Gasteiger partial charge on any atom is 0.417 e. The molecule has 2 rings (SSSR count). The van der Waals surface area contributed by atoms with Gasteiger partial charge < -0.3 is 9.84 Å². The van der Waals surface area contributed by atoms with E-state index < -0.39 is 23.2 Å². The molecule has 0 aromatic heterocycles. The molecular formula is C15H19NO4. The zero-order chi connectivity index (χ0) is 15.3. The molecular weight excluding hydrogens is 258 g/mol. The van der Waals surface area contributed by atoms with Gasteiger partial charge in [-0.3, -0.25) is 4.79 Å². The number of Topliss-reactive ketones (excluding diaryl/α,β-unsaturated/α-hetero) is 1. The largest absolute Gasteiger partial charge is 0.443 e. The average Bonchev–Trinajstić information content (AvgIpc) is 2.45. The van der Waals surface area contributed by atoms with Crippen molar-refractivity contribution in [2.24, 2.45) is 0 Å². The summed E-state index contributed by atoms with van der Waals surface area (Å²) in [4.78, 5) is 25.5. The number of ether oxygens (including phenoxy) is 1. The van der Waals surface area contributed by atoms with E-state index in [2.05, 4.69) is 0 Å². The van der Waals surface area contributed by atoms with E-state index in [9.17, 15) is 14.7 Å². The predicted molar refractivity (Wildman–Crippen MR) is 74.8 cm³/mol. The van der Waals surface area contributed by atoms with Crippen molar-refractivity contribution < 1.29 is 19.4 Å². The van der Waals surface area contributed by atoms with Crippen LogP contribution in [0.3, 0.4) is 0 Å². The number of benzene rings is 1. The summed E-state index contributed by atoms with van der Waals surface area (Å²) in [6.07, 6.45) is -0.738. The van der Waals surface area contributed by atoms with Crippen LogP contribution in [0.2, 0.25) is 0 Å². The van der Waals surface area contributed by atoms with E-state index in [-0.39, 0.29) is 0 Å². The van der Waals surface area contributed by atoms with Crippen LogP contribution in [0.1, 0.15) is 43.6 Å². The molecule has 1 aromatic carbocycles. The van der Waals surface area contributed by atoms with Crippen LogP contribution >= 0.6 is 0 Å². The fourth-order valence-corrected chi connectivity index (χ4v) is 2.20. The second-order valence-corrected chi connectivity index (χ2v) is 6.19. The van der Waals surface area contributed by atoms with E-state index >= 15 is 0 Å². The number of ketones is 1. The average molecular weight is 277 g/mol. The summed E-state index contributed by atoms with van der Waals surface area (Å²) in [5, 5.41) is 10.4. The molecule has 0 saturated heterocycles. The minimum atomic E-state index is -1.92. The lowest BCUT2D eigenvalue weighted by atomic mass is 10.1. The van der Waals surface area contributed by atoms with Crippen LogP contribution < -0.4 is 4.90 Å². The summed E-state index contributed by atoms with van der Waals surface area (Å²) in [6, 6.07) is 5.09. The highest BCUT2D eigenvalue weighted by Crippen LogP contribution is 2.38. The Balaban J connectivity index is 2.48. The maximum absolute atomic E-state index is 12.3. The van der Waals surface area contributed by atoms with Crippen LogP contribution in [-0.2, 0) is 4.74 Å². The molecule has 20 heavy (non-hydrogen) atoms. The summed E-state index contributed by atoms with van der Waals surface area (Å²) in [6.45, 7) is 8.33. The third-order valence-electron chi connectivity index (χ3n) is 3.08. The minimum absolute atomic E-state index is 0.334. The van der Waals surface area contributed by atoms with E-state index in [1.165, 1.54) is 6.92 Å². The highest BCUT2D eigenvalue weighted by molar-refractivity contribution is 6.18. The molecule has 108 valence electrons. The van der Waals surface area contributed by atoms with Gasteiger partial charge in [-0.25, -0.2) is 9.69 Å². The zero-order valence-electron chi connectivity index (χ0n) is 12.4. The van der Waals surface area contributed by atoms with Gasteiger partial charge in [-0.1, -0.05) is 11.6 Å². The minimum Gasteiger partial charge on any atom is -0.443 e. The van der Waals surface area contributed by atoms with E-state index in [1.807, 2.05) is 6.92 Å². The van der Waals surface area contributed by atoms with Gasteiger partial charge in [0, 0.05) is 5.56 Å². The van der Waals surface area contributed by atoms with Crippen molar-refractivity contribution in [3.8, 4) is 0 Å². The highest BCUT2D eigenvalue weighted by atomic mass is 16.6. The first-order valence-corrected chi connectivity index (χ1v) is 6.45. The van der Waals surface area contributed by atoms with Gasteiger partial charge in [-0.15, -0.1) is 0 Å². The number of nitrogens with zero attached hydrogens (tertiary/aromatic N) is 1. The number of hydrogen-bond acceptors (Lipinski definition) is 4. The van der Waals surface area contributed by atoms with Crippen molar-refractivity contribution in [1.82, 2.24) is 0 Å². The number of carbonyl (C=O) groups excluding carboxylic acids is 2. The molecule has 1 amide bonds. The maximum atomic E-state index is 12.3. The third-order valence-corrected chi connectivity index (χ3v) is 3.08. The molecule has 1 aliphatic rings. The van der Waals surface area contributed by atoms with E-state index in [1.54, 1.807) is 39.0 Å². The van der Waals surface area contributed by atoms with Crippen molar-refractivity contribution in [3.05, 3.63) is 29.3 Å². The molecule has 1 N–H and O–H groups in total. The van der Waals surface area contributed by atoms with Crippen molar-refractivity contribution in [2.45, 2.75) is 45.9 Å². The first kappa shape index (κ1) is 14.5. The number of carbonyl (C=O) groups is 2. The zero-order valence-corrected chi connectivity index (χ0v) is 12.4. The number of hydrogen-bond donors (Lipinski definition) is 1. The molecule has 0 aliphatic carbocycles. The van der Waals surface area contributed by atoms with Gasteiger partial charge >= 0.3 is 6.09 Å². The Morgan fingerprint density at radius 2 is 1.95 bits per heavy atom. The fraction of sp³-hybridized carbons (Fsp3) is 0.467. The lowest BCUT2D eigenvalue weighted by molar-refractivity contribution is 0.0240. The quantitative estimate of drug-likeness (QED) is 0.791. The Bertz CT molecular complexity index is 584. The first-order chi connectivity index (χ1) is 9.04. The van der Waals surface area contributed by atoms with Crippen molar-refractivity contribution >= 4 is 17.6 Å². The van der Waals surface area contributed by atoms with Gasteiger partial charge in [-0.2, -0.15) is 0 Å². The Morgan fingerprint density at radius 3 is 2.50 bits per heavy atom. The monoisotopic (exact) mass is 277 g/mol. The van der Waals surface area contributed by atoms with Crippen LogP contribution in [0.15, 0.2) is 18.2 Å². The molecule has 1 atom stereocenters. The number of aryl methyl sites for hydroxylation is 1. The van der Waals surface area contributed by atoms with Gasteiger partial charge in [0.2, 0.25) is 11.5 Å². The van der Waals surface area contributed by atoms with E-state index in [0.717, 1.165) is 10.5 Å². The van der Waals surface area contributed by atoms with Crippen LogP contribution in [-0.4, -0.2) is 28.3 Å². The van der Waals surface area contributed by atoms with Gasteiger partial charge in [0.25, 0.3) is 0 Å². The molecule has 0 radical (unpaired) electrons. The molecule has 1 heterocycles. The molecule has 0 bridgehead atoms. The highest BCUT2D eigenvalue weighted by Gasteiger charge is 2.50. The van der Waals surface area contributed by atoms with Crippen LogP contribution in [0.4, 0.5) is 10.5 Å². The molecule has 5 nitrogen and oxygen atoms in total. The number of amides is 1. The Kier molecular flexibility index (Phi) is 3.13. The normalized spacial score (nSPS) is 21.9. The second kappa shape index (κ2) is 4.31. The number of fused-ring (bicyclic) bond motifs is 1. The van der Waals surface area contributed by atoms with Crippen molar-refractivity contribution in [2.75, 3.05) is 4.90 Å². The third kappa shape index (κ3) is 2.29. The Morgan fingerprint density at radius 1 is 1.35 bits per heavy atom.